The van der Waals surface area contributed by atoms with E-state index in [2.05, 4.69) is 47.2 Å². The minimum Gasteiger partial charge on any atom is -0.144 e. The summed E-state index contributed by atoms with van der Waals surface area (Å²) in [6, 6.07) is 8.68. The molecule has 0 aliphatic heterocycles. The summed E-state index contributed by atoms with van der Waals surface area (Å²) in [5.74, 6) is 0. The monoisotopic (exact) mass is 244 g/mol. The van der Waals surface area contributed by atoms with Crippen LogP contribution in [0.5, 0.6) is 0 Å². The molecule has 16 heavy (non-hydrogen) atoms. The molecule has 0 saturated heterocycles. The van der Waals surface area contributed by atoms with Crippen molar-refractivity contribution in [3.8, 4) is 0 Å². The van der Waals surface area contributed by atoms with Crippen molar-refractivity contribution in [2.24, 2.45) is 0 Å². The smallest absolute Gasteiger partial charge is 0.0345 e. The first-order chi connectivity index (χ1) is 7.95. The third-order valence-electron chi connectivity index (χ3n) is 2.73. The normalized spacial score (nSPS) is 15.8. The zero-order chi connectivity index (χ0) is 10.8. The van der Waals surface area contributed by atoms with Gasteiger partial charge in [0.1, 0.15) is 0 Å². The van der Waals surface area contributed by atoms with Crippen LogP contribution in [0.3, 0.4) is 0 Å². The highest BCUT2D eigenvalue weighted by Gasteiger charge is 2.14. The number of allylic oxidation sites excluding steroid dienone is 4. The van der Waals surface area contributed by atoms with E-state index in [9.17, 15) is 0 Å². The first-order valence-electron chi connectivity index (χ1n) is 5.43. The average Bonchev–Trinajstić information content (AvgIpc) is 3.03. The Morgan fingerprint density at radius 3 is 1.62 bits per heavy atom. The van der Waals surface area contributed by atoms with Gasteiger partial charge in [-0.2, -0.15) is 0 Å². The van der Waals surface area contributed by atoms with Crippen molar-refractivity contribution < 1.29 is 0 Å². The molecule has 1 aliphatic rings. The molecule has 2 heterocycles. The maximum absolute atomic E-state index is 2.38. The largest absolute Gasteiger partial charge is 0.144 e. The first kappa shape index (κ1) is 10.1. The van der Waals surface area contributed by atoms with Crippen LogP contribution in [0, 0.1) is 0 Å². The molecule has 0 spiro atoms. The topological polar surface area (TPSA) is 0 Å². The number of rotatable bonds is 2. The van der Waals surface area contributed by atoms with Crippen LogP contribution in [0.4, 0.5) is 0 Å². The summed E-state index contributed by atoms with van der Waals surface area (Å²) in [7, 11) is 0. The van der Waals surface area contributed by atoms with Crippen molar-refractivity contribution in [3.05, 3.63) is 56.9 Å². The van der Waals surface area contributed by atoms with Gasteiger partial charge in [0.15, 0.2) is 0 Å². The lowest BCUT2D eigenvalue weighted by atomic mass is 9.95. The van der Waals surface area contributed by atoms with Crippen LogP contribution < -0.4 is 0 Å². The van der Waals surface area contributed by atoms with E-state index in [1.165, 1.54) is 33.7 Å². The highest BCUT2D eigenvalue weighted by Crippen LogP contribution is 2.38. The van der Waals surface area contributed by atoms with Gasteiger partial charge < -0.3 is 0 Å². The van der Waals surface area contributed by atoms with Crippen LogP contribution in [0.15, 0.2) is 47.2 Å². The van der Waals surface area contributed by atoms with Gasteiger partial charge in [-0.3, -0.25) is 0 Å². The fourth-order valence-corrected chi connectivity index (χ4v) is 3.57. The average molecular weight is 244 g/mol. The Morgan fingerprint density at radius 2 is 1.25 bits per heavy atom. The molecule has 0 atom stereocenters. The molecule has 0 fully saturated rings. The van der Waals surface area contributed by atoms with Gasteiger partial charge in [-0.05, 0) is 46.9 Å². The number of thiophene rings is 2. The fourth-order valence-electron chi connectivity index (χ4n) is 2.01. The van der Waals surface area contributed by atoms with Gasteiger partial charge in [0.2, 0.25) is 0 Å². The molecule has 0 radical (unpaired) electrons. The van der Waals surface area contributed by atoms with E-state index >= 15 is 0 Å². The van der Waals surface area contributed by atoms with E-state index in [0.29, 0.717) is 0 Å². The molecule has 2 aromatic heterocycles. The fraction of sp³-hybridized carbons (Fsp3) is 0.143. The first-order valence-corrected chi connectivity index (χ1v) is 7.19. The van der Waals surface area contributed by atoms with Gasteiger partial charge in [0.25, 0.3) is 0 Å². The van der Waals surface area contributed by atoms with Gasteiger partial charge in [-0.25, -0.2) is 0 Å². The summed E-state index contributed by atoms with van der Waals surface area (Å²) < 4.78 is 0. The van der Waals surface area contributed by atoms with Crippen molar-refractivity contribution in [2.45, 2.75) is 12.8 Å². The molecule has 1 aliphatic carbocycles. The zero-order valence-corrected chi connectivity index (χ0v) is 10.5. The van der Waals surface area contributed by atoms with Crippen molar-refractivity contribution in [2.75, 3.05) is 0 Å². The van der Waals surface area contributed by atoms with Crippen LogP contribution in [0.25, 0.3) is 11.1 Å². The molecule has 0 bridgehead atoms. The third-order valence-corrected chi connectivity index (χ3v) is 4.53. The lowest BCUT2D eigenvalue weighted by Gasteiger charge is -2.13. The van der Waals surface area contributed by atoms with Crippen LogP contribution in [0.2, 0.25) is 0 Å². The maximum Gasteiger partial charge on any atom is 0.0345 e. The van der Waals surface area contributed by atoms with Gasteiger partial charge in [-0.1, -0.05) is 24.3 Å². The van der Waals surface area contributed by atoms with Crippen molar-refractivity contribution in [3.63, 3.8) is 0 Å². The van der Waals surface area contributed by atoms with Crippen molar-refractivity contribution in [1.29, 1.82) is 0 Å². The molecule has 0 saturated carbocycles. The molecule has 0 aromatic carbocycles. The molecular formula is C14H12S2. The Morgan fingerprint density at radius 1 is 0.750 bits per heavy atom. The van der Waals surface area contributed by atoms with E-state index < -0.39 is 0 Å². The quantitative estimate of drug-likeness (QED) is 0.692. The third kappa shape index (κ3) is 1.79. The molecule has 2 heteroatoms. The van der Waals surface area contributed by atoms with E-state index in [0.717, 1.165) is 0 Å². The highest BCUT2D eigenvalue weighted by atomic mass is 32.1. The van der Waals surface area contributed by atoms with Gasteiger partial charge in [0, 0.05) is 9.75 Å². The lowest BCUT2D eigenvalue weighted by molar-refractivity contribution is 1.05. The van der Waals surface area contributed by atoms with Crippen LogP contribution in [-0.2, 0) is 0 Å². The minimum absolute atomic E-state index is 1.17. The molecule has 3 rings (SSSR count). The second-order valence-corrected chi connectivity index (χ2v) is 5.66. The molecule has 2 aromatic rings. The second kappa shape index (κ2) is 4.40. The van der Waals surface area contributed by atoms with Gasteiger partial charge in [-0.15, -0.1) is 22.7 Å². The van der Waals surface area contributed by atoms with Crippen molar-refractivity contribution in [1.82, 2.24) is 0 Å². The van der Waals surface area contributed by atoms with E-state index in [1.807, 2.05) is 22.7 Å². The standard InChI is InChI=1S/C14H12S2/c1-2-6-12(14-8-4-10-16-14)11(5-1)13-7-3-9-15-13/h3-10H,1-2H2. The molecule has 0 amide bonds. The highest BCUT2D eigenvalue weighted by molar-refractivity contribution is 7.12. The molecule has 0 nitrogen and oxygen atoms in total. The zero-order valence-electron chi connectivity index (χ0n) is 8.85. The summed E-state index contributed by atoms with van der Waals surface area (Å²) in [5.41, 5.74) is 2.84. The Hall–Kier alpha value is -1.12. The molecular weight excluding hydrogens is 232 g/mol. The summed E-state index contributed by atoms with van der Waals surface area (Å²) in [4.78, 5) is 2.78. The van der Waals surface area contributed by atoms with Crippen LogP contribution in [-0.4, -0.2) is 0 Å². The van der Waals surface area contributed by atoms with Crippen molar-refractivity contribution >= 4 is 33.8 Å². The second-order valence-electron chi connectivity index (χ2n) is 3.77. The summed E-state index contributed by atoms with van der Waals surface area (Å²) in [6.07, 6.45) is 7.09. The minimum atomic E-state index is 1.17. The van der Waals surface area contributed by atoms with Gasteiger partial charge >= 0.3 is 0 Å². The van der Waals surface area contributed by atoms with Crippen LogP contribution in [0.1, 0.15) is 22.6 Å². The summed E-state index contributed by atoms with van der Waals surface area (Å²) >= 11 is 3.65. The van der Waals surface area contributed by atoms with Crippen LogP contribution >= 0.6 is 22.7 Å². The Kier molecular flexibility index (Phi) is 2.77. The predicted octanol–water partition coefficient (Wildman–Crippen LogP) is 5.07. The van der Waals surface area contributed by atoms with E-state index in [1.54, 1.807) is 0 Å². The predicted molar refractivity (Wildman–Crippen MR) is 73.8 cm³/mol. The van der Waals surface area contributed by atoms with E-state index in [4.69, 9.17) is 0 Å². The Bertz CT molecular complexity index is 463. The maximum atomic E-state index is 2.38. The molecule has 0 N–H and O–H groups in total. The molecule has 80 valence electrons. The Balaban J connectivity index is 2.04. The summed E-state index contributed by atoms with van der Waals surface area (Å²) in [5, 5.41) is 4.30. The number of hydrogen-bond acceptors (Lipinski definition) is 2. The SMILES string of the molecule is C1=C(c2cccs2)C(c2cccs2)=CCC1. The number of hydrogen-bond donors (Lipinski definition) is 0. The van der Waals surface area contributed by atoms with E-state index in [-0.39, 0.29) is 0 Å². The van der Waals surface area contributed by atoms with Gasteiger partial charge in [0.05, 0.1) is 0 Å². The summed E-state index contributed by atoms with van der Waals surface area (Å²) in [6.45, 7) is 0. The lowest BCUT2D eigenvalue weighted by Crippen LogP contribution is -1.91. The Labute approximate surface area is 104 Å². The molecule has 0 unspecified atom stereocenters.